The zero-order chi connectivity index (χ0) is 30.0. The van der Waals surface area contributed by atoms with E-state index in [1.807, 2.05) is 23.1 Å². The molecule has 1 atom stereocenters. The summed E-state index contributed by atoms with van der Waals surface area (Å²) in [5.74, 6) is 1.27. The number of nitrogens with one attached hydrogen (secondary N) is 1. The summed E-state index contributed by atoms with van der Waals surface area (Å²) >= 11 is 6.31. The number of fused-ring (bicyclic) bond motifs is 1. The third-order valence-corrected chi connectivity index (χ3v) is 9.33. The number of halogens is 2. The van der Waals surface area contributed by atoms with E-state index in [2.05, 4.69) is 20.3 Å². The minimum Gasteiger partial charge on any atom is -0.454 e. The van der Waals surface area contributed by atoms with Crippen molar-refractivity contribution in [2.45, 2.75) is 23.8 Å². The van der Waals surface area contributed by atoms with Crippen LogP contribution in [0.3, 0.4) is 0 Å². The van der Waals surface area contributed by atoms with Crippen LogP contribution in [0.2, 0.25) is 5.15 Å². The van der Waals surface area contributed by atoms with Crippen LogP contribution in [0, 0.1) is 5.82 Å². The number of sulfonamides is 1. The molecule has 0 spiro atoms. The standard InChI is InChI=1S/C28H27ClFN7O5S/c29-25-15-26(34-28(33-25)36-10-9-31-17-36)35-11-12-37(43(39,40)22-4-2-20(30)3-5-22)21(16-35)14-27(38)32-8-7-19-1-6-23-24(13-19)42-18-41-23/h1-6,9-10,13,15,17,21H,7-8,11-12,14,16,18H2,(H,32,38). The summed E-state index contributed by atoms with van der Waals surface area (Å²) in [4.78, 5) is 27.8. The molecule has 15 heteroatoms. The normalized spacial score (nSPS) is 16.8. The highest BCUT2D eigenvalue weighted by Gasteiger charge is 2.38. The van der Waals surface area contributed by atoms with Gasteiger partial charge in [-0.1, -0.05) is 17.7 Å². The van der Waals surface area contributed by atoms with Gasteiger partial charge in [-0.3, -0.25) is 9.36 Å². The molecule has 6 rings (SSSR count). The lowest BCUT2D eigenvalue weighted by atomic mass is 10.1. The number of amides is 1. The SMILES string of the molecule is O=C(CC1CN(c2cc(Cl)nc(-n3ccnc3)n2)CCN1S(=O)(=O)c1ccc(F)cc1)NCCc1ccc2c(c1)OCO2. The second-order valence-electron chi connectivity index (χ2n) is 9.98. The summed E-state index contributed by atoms with van der Waals surface area (Å²) < 4.78 is 54.6. The molecule has 1 fully saturated rings. The van der Waals surface area contributed by atoms with Gasteiger partial charge in [0, 0.05) is 51.1 Å². The Morgan fingerprint density at radius 2 is 1.88 bits per heavy atom. The minimum absolute atomic E-state index is 0.0527. The molecule has 1 saturated heterocycles. The van der Waals surface area contributed by atoms with Crippen LogP contribution in [0.15, 0.2) is 72.1 Å². The molecule has 1 amide bonds. The summed E-state index contributed by atoms with van der Waals surface area (Å²) in [6.07, 6.45) is 5.25. The van der Waals surface area contributed by atoms with Crippen LogP contribution in [0.5, 0.6) is 11.5 Å². The van der Waals surface area contributed by atoms with E-state index in [-0.39, 0.29) is 48.8 Å². The molecule has 224 valence electrons. The van der Waals surface area contributed by atoms with Crippen LogP contribution in [0.4, 0.5) is 10.2 Å². The van der Waals surface area contributed by atoms with Crippen LogP contribution < -0.4 is 19.7 Å². The highest BCUT2D eigenvalue weighted by Crippen LogP contribution is 2.32. The average molecular weight is 628 g/mol. The van der Waals surface area contributed by atoms with E-state index in [0.29, 0.717) is 36.2 Å². The number of rotatable bonds is 9. The van der Waals surface area contributed by atoms with Gasteiger partial charge in [-0.15, -0.1) is 0 Å². The predicted molar refractivity (Wildman–Crippen MR) is 154 cm³/mol. The number of aromatic nitrogens is 4. The molecule has 4 heterocycles. The van der Waals surface area contributed by atoms with Gasteiger partial charge in [-0.05, 0) is 48.4 Å². The Hall–Kier alpha value is -4.27. The van der Waals surface area contributed by atoms with Crippen molar-refractivity contribution in [3.8, 4) is 17.4 Å². The van der Waals surface area contributed by atoms with Gasteiger partial charge in [-0.2, -0.15) is 9.29 Å². The van der Waals surface area contributed by atoms with Gasteiger partial charge < -0.3 is 19.7 Å². The molecule has 1 unspecified atom stereocenters. The van der Waals surface area contributed by atoms with E-state index in [9.17, 15) is 17.6 Å². The highest BCUT2D eigenvalue weighted by molar-refractivity contribution is 7.89. The highest BCUT2D eigenvalue weighted by atomic mass is 35.5. The number of hydrogen-bond acceptors (Lipinski definition) is 9. The molecular formula is C28H27ClFN7O5S. The van der Waals surface area contributed by atoms with Gasteiger partial charge in [0.05, 0.1) is 10.9 Å². The maximum absolute atomic E-state index is 13.7. The second-order valence-corrected chi connectivity index (χ2v) is 12.3. The smallest absolute Gasteiger partial charge is 0.243 e. The van der Waals surface area contributed by atoms with Crippen molar-refractivity contribution in [3.63, 3.8) is 0 Å². The molecule has 4 aromatic rings. The monoisotopic (exact) mass is 627 g/mol. The molecule has 0 aliphatic carbocycles. The second kappa shape index (κ2) is 12.1. The predicted octanol–water partition coefficient (Wildman–Crippen LogP) is 2.81. The number of imidazole rings is 1. The fourth-order valence-corrected chi connectivity index (χ4v) is 6.83. The van der Waals surface area contributed by atoms with E-state index >= 15 is 0 Å². The molecule has 2 aromatic heterocycles. The number of nitrogens with zero attached hydrogens (tertiary/aromatic N) is 6. The number of carbonyl (C=O) groups is 1. The molecule has 2 aliphatic heterocycles. The van der Waals surface area contributed by atoms with Gasteiger partial charge in [0.15, 0.2) is 11.5 Å². The van der Waals surface area contributed by atoms with Crippen LogP contribution >= 0.6 is 11.6 Å². The first-order chi connectivity index (χ1) is 20.8. The van der Waals surface area contributed by atoms with E-state index in [1.165, 1.54) is 16.4 Å². The van der Waals surface area contributed by atoms with Gasteiger partial charge >= 0.3 is 0 Å². The van der Waals surface area contributed by atoms with Crippen LogP contribution in [-0.4, -0.2) is 77.2 Å². The van der Waals surface area contributed by atoms with Crippen molar-refractivity contribution in [2.75, 3.05) is 37.9 Å². The minimum atomic E-state index is -4.04. The largest absolute Gasteiger partial charge is 0.454 e. The third-order valence-electron chi connectivity index (χ3n) is 7.17. The quantitative estimate of drug-likeness (QED) is 0.278. The van der Waals surface area contributed by atoms with E-state index in [4.69, 9.17) is 21.1 Å². The van der Waals surface area contributed by atoms with Crippen molar-refractivity contribution in [1.29, 1.82) is 0 Å². The van der Waals surface area contributed by atoms with Crippen LogP contribution in [0.25, 0.3) is 5.95 Å². The van der Waals surface area contributed by atoms with E-state index < -0.39 is 21.9 Å². The van der Waals surface area contributed by atoms with Gasteiger partial charge in [-0.25, -0.2) is 22.8 Å². The Balaban J connectivity index is 1.20. The Morgan fingerprint density at radius 3 is 2.67 bits per heavy atom. The van der Waals surface area contributed by atoms with Crippen molar-refractivity contribution in [3.05, 3.63) is 83.8 Å². The molecule has 2 aliphatic rings. The Labute approximate surface area is 252 Å². The lowest BCUT2D eigenvalue weighted by Gasteiger charge is -2.40. The topological polar surface area (TPSA) is 132 Å². The summed E-state index contributed by atoms with van der Waals surface area (Å²) in [5, 5.41) is 3.10. The lowest BCUT2D eigenvalue weighted by Crippen LogP contribution is -2.56. The third kappa shape index (κ3) is 6.40. The van der Waals surface area contributed by atoms with Gasteiger partial charge in [0.25, 0.3) is 0 Å². The number of anilines is 1. The van der Waals surface area contributed by atoms with Gasteiger partial charge in [0.2, 0.25) is 28.7 Å². The molecule has 43 heavy (non-hydrogen) atoms. The summed E-state index contributed by atoms with van der Waals surface area (Å²) in [7, 11) is -4.04. The maximum atomic E-state index is 13.7. The van der Waals surface area contributed by atoms with Crippen molar-refractivity contribution in [1.82, 2.24) is 29.1 Å². The van der Waals surface area contributed by atoms with Crippen molar-refractivity contribution < 1.29 is 27.1 Å². The number of benzene rings is 2. The molecule has 0 saturated carbocycles. The molecule has 0 radical (unpaired) electrons. The Bertz CT molecular complexity index is 1720. The number of ether oxygens (including phenoxy) is 2. The van der Waals surface area contributed by atoms with Gasteiger partial charge in [0.1, 0.15) is 23.1 Å². The van der Waals surface area contributed by atoms with E-state index in [1.54, 1.807) is 29.4 Å². The molecule has 2 aromatic carbocycles. The fraction of sp³-hybridized carbons (Fsp3) is 0.286. The first kappa shape index (κ1) is 28.8. The number of piperazine rings is 1. The first-order valence-electron chi connectivity index (χ1n) is 13.5. The fourth-order valence-electron chi connectivity index (χ4n) is 5.05. The van der Waals surface area contributed by atoms with Crippen molar-refractivity contribution >= 4 is 33.3 Å². The Kier molecular flexibility index (Phi) is 8.15. The molecule has 1 N–H and O–H groups in total. The van der Waals surface area contributed by atoms with E-state index in [0.717, 1.165) is 17.7 Å². The maximum Gasteiger partial charge on any atom is 0.243 e. The zero-order valence-corrected chi connectivity index (χ0v) is 24.3. The molecule has 12 nitrogen and oxygen atoms in total. The van der Waals surface area contributed by atoms with Crippen LogP contribution in [-0.2, 0) is 21.2 Å². The molecular weight excluding hydrogens is 601 g/mol. The lowest BCUT2D eigenvalue weighted by molar-refractivity contribution is -0.121. The summed E-state index contributed by atoms with van der Waals surface area (Å²) in [6.45, 7) is 1.02. The average Bonchev–Trinajstić information content (AvgIpc) is 3.70. The first-order valence-corrected chi connectivity index (χ1v) is 15.3. The summed E-state index contributed by atoms with van der Waals surface area (Å²) in [5.41, 5.74) is 0.961. The van der Waals surface area contributed by atoms with Crippen LogP contribution in [0.1, 0.15) is 12.0 Å². The Morgan fingerprint density at radius 1 is 1.07 bits per heavy atom. The zero-order valence-electron chi connectivity index (χ0n) is 22.8. The summed E-state index contributed by atoms with van der Waals surface area (Å²) in [6, 6.07) is 11.1. The molecule has 0 bridgehead atoms. The number of carbonyl (C=O) groups excluding carboxylic acids is 1. The number of hydrogen-bond donors (Lipinski definition) is 1. The van der Waals surface area contributed by atoms with Crippen molar-refractivity contribution in [2.24, 2.45) is 0 Å².